The van der Waals surface area contributed by atoms with Crippen LogP contribution in [0.15, 0.2) is 34.3 Å². The molecule has 0 amide bonds. The third kappa shape index (κ3) is 2.66. The molecule has 2 aromatic heterocycles. The fourth-order valence-electron chi connectivity index (χ4n) is 1.29. The van der Waals surface area contributed by atoms with E-state index in [2.05, 4.69) is 17.5 Å². The summed E-state index contributed by atoms with van der Waals surface area (Å²) in [5.74, 6) is 0. The van der Waals surface area contributed by atoms with Crippen molar-refractivity contribution in [1.82, 2.24) is 5.32 Å². The minimum absolute atomic E-state index is 0.196. The van der Waals surface area contributed by atoms with Crippen LogP contribution in [0.1, 0.15) is 16.5 Å². The summed E-state index contributed by atoms with van der Waals surface area (Å²) in [7, 11) is 0. The highest BCUT2D eigenvalue weighted by atomic mass is 32.1. The molecule has 1 atom stereocenters. The van der Waals surface area contributed by atoms with E-state index in [1.165, 1.54) is 4.88 Å². The van der Waals surface area contributed by atoms with Gasteiger partial charge in [0.2, 0.25) is 0 Å². The molecule has 2 aromatic rings. The van der Waals surface area contributed by atoms with Crippen LogP contribution in [0.4, 0.5) is 0 Å². The fraction of sp³-hybridized carbons (Fsp3) is 0.182. The van der Waals surface area contributed by atoms with Crippen LogP contribution in [0.5, 0.6) is 0 Å². The first kappa shape index (κ1) is 10.4. The highest BCUT2D eigenvalue weighted by Gasteiger charge is 2.09. The summed E-state index contributed by atoms with van der Waals surface area (Å²) in [6.45, 7) is 0.756. The van der Waals surface area contributed by atoms with Gasteiger partial charge in [-0.05, 0) is 33.8 Å². The summed E-state index contributed by atoms with van der Waals surface area (Å²) >= 11 is 3.32. The first-order valence-electron chi connectivity index (χ1n) is 4.57. The average Bonchev–Trinajstić information content (AvgIpc) is 2.90. The van der Waals surface area contributed by atoms with E-state index in [-0.39, 0.29) is 6.04 Å². The van der Waals surface area contributed by atoms with Crippen molar-refractivity contribution in [3.63, 3.8) is 0 Å². The van der Waals surface area contributed by atoms with Crippen molar-refractivity contribution in [3.05, 3.63) is 44.8 Å². The molecule has 0 radical (unpaired) electrons. The molecule has 0 aliphatic rings. The molecule has 76 valence electrons. The van der Waals surface area contributed by atoms with Crippen molar-refractivity contribution in [3.8, 4) is 6.07 Å². The Balaban J connectivity index is 1.96. The fourth-order valence-corrected chi connectivity index (χ4v) is 2.63. The topological polar surface area (TPSA) is 35.8 Å². The smallest absolute Gasteiger partial charge is 0.122 e. The summed E-state index contributed by atoms with van der Waals surface area (Å²) < 4.78 is 0. The van der Waals surface area contributed by atoms with Crippen molar-refractivity contribution in [2.75, 3.05) is 0 Å². The normalized spacial score (nSPS) is 12.2. The second-order valence-electron chi connectivity index (χ2n) is 3.08. The van der Waals surface area contributed by atoms with Crippen LogP contribution in [0.25, 0.3) is 0 Å². The summed E-state index contributed by atoms with van der Waals surface area (Å²) in [4.78, 5) is 1.26. The predicted molar refractivity (Wildman–Crippen MR) is 63.8 cm³/mol. The highest BCUT2D eigenvalue weighted by molar-refractivity contribution is 7.09. The number of thiophene rings is 2. The molecule has 4 heteroatoms. The van der Waals surface area contributed by atoms with E-state index in [9.17, 15) is 0 Å². The van der Waals surface area contributed by atoms with Crippen molar-refractivity contribution >= 4 is 22.7 Å². The Labute approximate surface area is 96.8 Å². The molecule has 0 saturated carbocycles. The van der Waals surface area contributed by atoms with Gasteiger partial charge in [-0.15, -0.1) is 11.3 Å². The third-order valence-corrected chi connectivity index (χ3v) is 3.64. The Kier molecular flexibility index (Phi) is 3.51. The minimum atomic E-state index is -0.196. The van der Waals surface area contributed by atoms with E-state index in [1.54, 1.807) is 22.7 Å². The van der Waals surface area contributed by atoms with Gasteiger partial charge >= 0.3 is 0 Å². The lowest BCUT2D eigenvalue weighted by Crippen LogP contribution is -2.18. The molecule has 0 fully saturated rings. The molecule has 1 unspecified atom stereocenters. The molecule has 0 aromatic carbocycles. The first-order chi connectivity index (χ1) is 7.40. The van der Waals surface area contributed by atoms with Gasteiger partial charge in [-0.2, -0.15) is 16.6 Å². The maximum absolute atomic E-state index is 9.02. The monoisotopic (exact) mass is 234 g/mol. The van der Waals surface area contributed by atoms with Gasteiger partial charge < -0.3 is 0 Å². The summed E-state index contributed by atoms with van der Waals surface area (Å²) in [5.41, 5.74) is 1.05. The lowest BCUT2D eigenvalue weighted by Gasteiger charge is -2.08. The zero-order chi connectivity index (χ0) is 10.5. The molecule has 0 aliphatic carbocycles. The van der Waals surface area contributed by atoms with Crippen LogP contribution in [0, 0.1) is 11.3 Å². The molecule has 2 nitrogen and oxygen atoms in total. The maximum atomic E-state index is 9.02. The van der Waals surface area contributed by atoms with Crippen LogP contribution < -0.4 is 5.32 Å². The molecule has 2 rings (SSSR count). The molecule has 0 spiro atoms. The third-order valence-electron chi connectivity index (χ3n) is 2.07. The number of nitriles is 1. The Morgan fingerprint density at radius 3 is 2.93 bits per heavy atom. The van der Waals surface area contributed by atoms with Gasteiger partial charge in [0.25, 0.3) is 0 Å². The van der Waals surface area contributed by atoms with Gasteiger partial charge in [0, 0.05) is 11.4 Å². The number of nitrogens with one attached hydrogen (secondary N) is 1. The number of hydrogen-bond acceptors (Lipinski definition) is 4. The average molecular weight is 234 g/mol. The quantitative estimate of drug-likeness (QED) is 0.882. The van der Waals surface area contributed by atoms with E-state index < -0.39 is 0 Å². The standard InChI is InChI=1S/C11H10N2S2/c12-6-11(9-3-5-14-8-9)13-7-10-2-1-4-15-10/h1-5,8,11,13H,7H2. The van der Waals surface area contributed by atoms with Crippen LogP contribution in [-0.4, -0.2) is 0 Å². The van der Waals surface area contributed by atoms with Crippen molar-refractivity contribution in [2.24, 2.45) is 0 Å². The van der Waals surface area contributed by atoms with Crippen LogP contribution in [0.2, 0.25) is 0 Å². The first-order valence-corrected chi connectivity index (χ1v) is 6.40. The van der Waals surface area contributed by atoms with Crippen molar-refractivity contribution < 1.29 is 0 Å². The number of nitrogens with zero attached hydrogens (tertiary/aromatic N) is 1. The molecule has 15 heavy (non-hydrogen) atoms. The summed E-state index contributed by atoms with van der Waals surface area (Å²) in [6, 6.07) is 8.15. The number of hydrogen-bond donors (Lipinski definition) is 1. The van der Waals surface area contributed by atoms with Gasteiger partial charge in [-0.25, -0.2) is 0 Å². The largest absolute Gasteiger partial charge is 0.293 e. The molecule has 0 bridgehead atoms. The van der Waals surface area contributed by atoms with E-state index in [4.69, 9.17) is 5.26 Å². The van der Waals surface area contributed by atoms with E-state index in [0.29, 0.717) is 0 Å². The molecular weight excluding hydrogens is 224 g/mol. The molecular formula is C11H10N2S2. The second-order valence-corrected chi connectivity index (χ2v) is 4.89. The molecule has 1 N–H and O–H groups in total. The van der Waals surface area contributed by atoms with Crippen molar-refractivity contribution in [1.29, 1.82) is 5.26 Å². The molecule has 2 heterocycles. The Bertz CT molecular complexity index is 426. The van der Waals surface area contributed by atoms with Gasteiger partial charge in [0.15, 0.2) is 0 Å². The number of rotatable bonds is 4. The van der Waals surface area contributed by atoms with Gasteiger partial charge in [0.1, 0.15) is 6.04 Å². The maximum Gasteiger partial charge on any atom is 0.122 e. The second kappa shape index (κ2) is 5.08. The zero-order valence-corrected chi connectivity index (χ0v) is 9.65. The van der Waals surface area contributed by atoms with Crippen LogP contribution in [0.3, 0.4) is 0 Å². The van der Waals surface area contributed by atoms with Crippen molar-refractivity contribution in [2.45, 2.75) is 12.6 Å². The van der Waals surface area contributed by atoms with Gasteiger partial charge in [0.05, 0.1) is 6.07 Å². The van der Waals surface area contributed by atoms with E-state index in [0.717, 1.165) is 12.1 Å². The molecule has 0 saturated heterocycles. The van der Waals surface area contributed by atoms with Crippen LogP contribution >= 0.6 is 22.7 Å². The highest BCUT2D eigenvalue weighted by Crippen LogP contribution is 2.17. The lowest BCUT2D eigenvalue weighted by atomic mass is 10.2. The summed E-state index contributed by atoms with van der Waals surface area (Å²) in [5, 5.41) is 18.3. The minimum Gasteiger partial charge on any atom is -0.293 e. The lowest BCUT2D eigenvalue weighted by molar-refractivity contribution is 0.637. The Morgan fingerprint density at radius 2 is 2.33 bits per heavy atom. The zero-order valence-electron chi connectivity index (χ0n) is 8.01. The predicted octanol–water partition coefficient (Wildman–Crippen LogP) is 3.16. The molecule has 0 aliphatic heterocycles. The Hall–Kier alpha value is -1.15. The van der Waals surface area contributed by atoms with E-state index in [1.807, 2.05) is 28.3 Å². The van der Waals surface area contributed by atoms with Gasteiger partial charge in [-0.1, -0.05) is 6.07 Å². The van der Waals surface area contributed by atoms with Crippen LogP contribution in [-0.2, 0) is 6.54 Å². The van der Waals surface area contributed by atoms with Gasteiger partial charge in [-0.3, -0.25) is 5.32 Å². The van der Waals surface area contributed by atoms with E-state index >= 15 is 0 Å². The Morgan fingerprint density at radius 1 is 1.40 bits per heavy atom. The SMILES string of the molecule is N#CC(NCc1cccs1)c1ccsc1. The summed E-state index contributed by atoms with van der Waals surface area (Å²) in [6.07, 6.45) is 0.